The number of thiophene rings is 1. The number of pyridine rings is 1. The van der Waals surface area contributed by atoms with E-state index in [-0.39, 0.29) is 11.3 Å². The molecule has 0 aromatic carbocycles. The van der Waals surface area contributed by atoms with Crippen molar-refractivity contribution in [1.82, 2.24) is 14.6 Å². The maximum absolute atomic E-state index is 7.73. The van der Waals surface area contributed by atoms with E-state index >= 15 is 0 Å². The van der Waals surface area contributed by atoms with E-state index in [0.717, 1.165) is 16.4 Å². The number of rotatable bonds is 2. The number of nitrogen functional groups attached to an aromatic ring is 1. The molecule has 0 atom stereocenters. The normalized spacial score (nSPS) is 12.0. The van der Waals surface area contributed by atoms with E-state index < -0.39 is 0 Å². The SMILES string of the molecule is CC(C)(C)c1nc2c(C(=N)N)ccc(-c3cccs3)n2n1. The number of aromatic nitrogens is 3. The second kappa shape index (κ2) is 4.66. The van der Waals surface area contributed by atoms with Crippen molar-refractivity contribution in [3.05, 3.63) is 41.0 Å². The Balaban J connectivity index is 2.35. The smallest absolute Gasteiger partial charge is 0.167 e. The molecule has 6 heteroatoms. The Morgan fingerprint density at radius 1 is 1.29 bits per heavy atom. The van der Waals surface area contributed by atoms with Gasteiger partial charge in [-0.3, -0.25) is 5.41 Å². The summed E-state index contributed by atoms with van der Waals surface area (Å²) in [5, 5.41) is 14.4. The number of amidine groups is 1. The minimum Gasteiger partial charge on any atom is -0.384 e. The van der Waals surface area contributed by atoms with Crippen LogP contribution in [0.15, 0.2) is 29.6 Å². The number of nitrogens with zero attached hydrogens (tertiary/aromatic N) is 3. The molecule has 5 nitrogen and oxygen atoms in total. The number of hydrogen-bond donors (Lipinski definition) is 2. The van der Waals surface area contributed by atoms with Crippen LogP contribution in [0.5, 0.6) is 0 Å². The zero-order valence-corrected chi connectivity index (χ0v) is 13.0. The van der Waals surface area contributed by atoms with E-state index in [2.05, 4.69) is 30.9 Å². The lowest BCUT2D eigenvalue weighted by Crippen LogP contribution is -2.13. The molecule has 0 saturated heterocycles. The molecule has 108 valence electrons. The summed E-state index contributed by atoms with van der Waals surface area (Å²) in [6.45, 7) is 6.21. The van der Waals surface area contributed by atoms with E-state index in [1.807, 2.05) is 29.6 Å². The van der Waals surface area contributed by atoms with Crippen LogP contribution in [-0.2, 0) is 5.41 Å². The first-order valence-electron chi connectivity index (χ1n) is 6.66. The predicted molar refractivity (Wildman–Crippen MR) is 86.0 cm³/mol. The highest BCUT2D eigenvalue weighted by Crippen LogP contribution is 2.28. The molecule has 21 heavy (non-hydrogen) atoms. The monoisotopic (exact) mass is 299 g/mol. The fourth-order valence-corrected chi connectivity index (χ4v) is 2.84. The summed E-state index contributed by atoms with van der Waals surface area (Å²) in [5.41, 5.74) is 7.72. The summed E-state index contributed by atoms with van der Waals surface area (Å²) in [7, 11) is 0. The van der Waals surface area contributed by atoms with Gasteiger partial charge in [-0.05, 0) is 23.6 Å². The van der Waals surface area contributed by atoms with Crippen molar-refractivity contribution >= 4 is 22.8 Å². The van der Waals surface area contributed by atoms with Crippen LogP contribution in [0.2, 0.25) is 0 Å². The van der Waals surface area contributed by atoms with Gasteiger partial charge < -0.3 is 5.73 Å². The molecule has 3 aromatic heterocycles. The Labute approximate surface area is 127 Å². The Bertz CT molecular complexity index is 809. The molecule has 0 amide bonds. The summed E-state index contributed by atoms with van der Waals surface area (Å²) < 4.78 is 1.79. The number of fused-ring (bicyclic) bond motifs is 1. The highest BCUT2D eigenvalue weighted by atomic mass is 32.1. The van der Waals surface area contributed by atoms with Crippen LogP contribution < -0.4 is 5.73 Å². The van der Waals surface area contributed by atoms with Gasteiger partial charge in [-0.1, -0.05) is 26.8 Å². The maximum atomic E-state index is 7.73. The molecule has 0 unspecified atom stereocenters. The molecule has 0 spiro atoms. The minimum absolute atomic E-state index is 0.00517. The molecule has 0 fully saturated rings. The van der Waals surface area contributed by atoms with Gasteiger partial charge in [-0.25, -0.2) is 9.50 Å². The Morgan fingerprint density at radius 2 is 2.05 bits per heavy atom. The van der Waals surface area contributed by atoms with E-state index in [9.17, 15) is 0 Å². The van der Waals surface area contributed by atoms with Crippen LogP contribution in [0.4, 0.5) is 0 Å². The van der Waals surface area contributed by atoms with Gasteiger partial charge in [0.25, 0.3) is 0 Å². The first kappa shape index (κ1) is 13.8. The largest absolute Gasteiger partial charge is 0.384 e. The van der Waals surface area contributed by atoms with Gasteiger partial charge in [-0.15, -0.1) is 11.3 Å². The van der Waals surface area contributed by atoms with E-state index in [4.69, 9.17) is 11.1 Å². The molecule has 3 N–H and O–H groups in total. The average molecular weight is 299 g/mol. The van der Waals surface area contributed by atoms with E-state index in [0.29, 0.717) is 11.2 Å². The first-order chi connectivity index (χ1) is 9.88. The van der Waals surface area contributed by atoms with Crippen LogP contribution >= 0.6 is 11.3 Å². The number of nitrogens with two attached hydrogens (primary N) is 1. The molecule has 0 bridgehead atoms. The van der Waals surface area contributed by atoms with Crippen molar-refractivity contribution in [2.75, 3.05) is 0 Å². The van der Waals surface area contributed by atoms with Crippen LogP contribution in [-0.4, -0.2) is 20.4 Å². The Morgan fingerprint density at radius 3 is 2.62 bits per heavy atom. The van der Waals surface area contributed by atoms with Gasteiger partial charge in [-0.2, -0.15) is 5.10 Å². The lowest BCUT2D eigenvalue weighted by Gasteiger charge is -2.11. The summed E-state index contributed by atoms with van der Waals surface area (Å²) in [4.78, 5) is 5.72. The van der Waals surface area contributed by atoms with Crippen molar-refractivity contribution in [3.8, 4) is 10.6 Å². The van der Waals surface area contributed by atoms with Gasteiger partial charge in [0.05, 0.1) is 16.1 Å². The third-order valence-electron chi connectivity index (χ3n) is 3.22. The second-order valence-corrected chi connectivity index (χ2v) is 6.89. The van der Waals surface area contributed by atoms with Crippen LogP contribution in [0.3, 0.4) is 0 Å². The fourth-order valence-electron chi connectivity index (χ4n) is 2.10. The Kier molecular flexibility index (Phi) is 3.06. The third-order valence-corrected chi connectivity index (χ3v) is 4.11. The molecular formula is C15H17N5S. The van der Waals surface area contributed by atoms with Crippen molar-refractivity contribution in [2.24, 2.45) is 5.73 Å². The van der Waals surface area contributed by atoms with Crippen LogP contribution in [0.25, 0.3) is 16.2 Å². The highest BCUT2D eigenvalue weighted by molar-refractivity contribution is 7.13. The highest BCUT2D eigenvalue weighted by Gasteiger charge is 2.22. The molecule has 3 heterocycles. The zero-order valence-electron chi connectivity index (χ0n) is 12.2. The quantitative estimate of drug-likeness (QED) is 0.564. The summed E-state index contributed by atoms with van der Waals surface area (Å²) in [6.07, 6.45) is 0. The summed E-state index contributed by atoms with van der Waals surface area (Å²) >= 11 is 1.65. The van der Waals surface area contributed by atoms with E-state index in [1.165, 1.54) is 0 Å². The van der Waals surface area contributed by atoms with Gasteiger partial charge in [0.1, 0.15) is 5.84 Å². The molecule has 0 radical (unpaired) electrons. The molecule has 3 aromatic rings. The second-order valence-electron chi connectivity index (χ2n) is 5.94. The van der Waals surface area contributed by atoms with Gasteiger partial charge in [0.2, 0.25) is 0 Å². The number of nitrogens with one attached hydrogen (secondary N) is 1. The first-order valence-corrected chi connectivity index (χ1v) is 7.54. The average Bonchev–Trinajstić information content (AvgIpc) is 3.05. The third kappa shape index (κ3) is 2.31. The molecule has 0 saturated carbocycles. The topological polar surface area (TPSA) is 80.1 Å². The van der Waals surface area contributed by atoms with Crippen molar-refractivity contribution in [1.29, 1.82) is 5.41 Å². The zero-order chi connectivity index (χ0) is 15.2. The molecule has 0 aliphatic rings. The van der Waals surface area contributed by atoms with E-state index in [1.54, 1.807) is 15.9 Å². The van der Waals surface area contributed by atoms with Crippen LogP contribution in [0, 0.1) is 5.41 Å². The van der Waals surface area contributed by atoms with Crippen molar-refractivity contribution in [2.45, 2.75) is 26.2 Å². The number of hydrogen-bond acceptors (Lipinski definition) is 4. The summed E-state index contributed by atoms with van der Waals surface area (Å²) in [6, 6.07) is 7.84. The summed E-state index contributed by atoms with van der Waals surface area (Å²) in [5.74, 6) is 0.750. The lowest BCUT2D eigenvalue weighted by molar-refractivity contribution is 0.545. The van der Waals surface area contributed by atoms with Gasteiger partial charge in [0, 0.05) is 5.41 Å². The fraction of sp³-hybridized carbons (Fsp3) is 0.267. The van der Waals surface area contributed by atoms with Crippen LogP contribution in [0.1, 0.15) is 32.2 Å². The molecular weight excluding hydrogens is 282 g/mol. The standard InChI is InChI=1S/C15H17N5S/c1-15(2,3)14-18-13-9(12(16)17)6-7-10(20(13)19-14)11-5-4-8-21-11/h4-8H,1-3H3,(H3,16,17). The molecule has 0 aliphatic carbocycles. The Hall–Kier alpha value is -2.21. The molecule has 3 rings (SSSR count). The minimum atomic E-state index is -0.160. The van der Waals surface area contributed by atoms with Crippen molar-refractivity contribution in [3.63, 3.8) is 0 Å². The maximum Gasteiger partial charge on any atom is 0.167 e. The van der Waals surface area contributed by atoms with Gasteiger partial charge >= 0.3 is 0 Å². The lowest BCUT2D eigenvalue weighted by atomic mass is 9.96. The van der Waals surface area contributed by atoms with Crippen molar-refractivity contribution < 1.29 is 0 Å². The van der Waals surface area contributed by atoms with Gasteiger partial charge in [0.15, 0.2) is 11.5 Å². The predicted octanol–water partition coefficient (Wildman–Crippen LogP) is 3.04. The molecule has 0 aliphatic heterocycles.